The SMILES string of the molecule is Nc1cccc(OCC(O)CF)c1. The molecule has 0 saturated heterocycles. The van der Waals surface area contributed by atoms with Crippen molar-refractivity contribution in [2.75, 3.05) is 19.0 Å². The van der Waals surface area contributed by atoms with Gasteiger partial charge >= 0.3 is 0 Å². The predicted molar refractivity (Wildman–Crippen MR) is 48.3 cm³/mol. The van der Waals surface area contributed by atoms with Gasteiger partial charge in [-0.1, -0.05) is 6.07 Å². The van der Waals surface area contributed by atoms with E-state index in [0.29, 0.717) is 11.4 Å². The Balaban J connectivity index is 2.45. The van der Waals surface area contributed by atoms with Crippen molar-refractivity contribution in [1.82, 2.24) is 0 Å². The summed E-state index contributed by atoms with van der Waals surface area (Å²) < 4.78 is 16.9. The summed E-state index contributed by atoms with van der Waals surface area (Å²) in [5.41, 5.74) is 6.06. The van der Waals surface area contributed by atoms with Crippen LogP contribution in [0.5, 0.6) is 5.75 Å². The molecule has 1 aromatic carbocycles. The molecule has 0 aliphatic carbocycles. The molecule has 4 heteroatoms. The highest BCUT2D eigenvalue weighted by atomic mass is 19.1. The zero-order valence-electron chi connectivity index (χ0n) is 7.11. The average molecular weight is 185 g/mol. The van der Waals surface area contributed by atoms with Crippen LogP contribution in [-0.4, -0.2) is 24.5 Å². The van der Waals surface area contributed by atoms with E-state index < -0.39 is 12.8 Å². The highest BCUT2D eigenvalue weighted by molar-refractivity contribution is 5.43. The number of aliphatic hydroxyl groups excluding tert-OH is 1. The van der Waals surface area contributed by atoms with Crippen molar-refractivity contribution in [2.45, 2.75) is 6.10 Å². The first-order valence-corrected chi connectivity index (χ1v) is 3.94. The smallest absolute Gasteiger partial charge is 0.121 e. The molecule has 1 aromatic rings. The maximum Gasteiger partial charge on any atom is 0.121 e. The molecule has 0 bridgehead atoms. The third kappa shape index (κ3) is 3.29. The van der Waals surface area contributed by atoms with Gasteiger partial charge in [0.2, 0.25) is 0 Å². The Bertz CT molecular complexity index is 268. The number of aliphatic hydroxyl groups is 1. The van der Waals surface area contributed by atoms with Crippen LogP contribution in [0.4, 0.5) is 10.1 Å². The second-order valence-corrected chi connectivity index (χ2v) is 2.69. The Labute approximate surface area is 75.9 Å². The summed E-state index contributed by atoms with van der Waals surface area (Å²) in [7, 11) is 0. The fourth-order valence-electron chi connectivity index (χ4n) is 0.841. The van der Waals surface area contributed by atoms with E-state index in [2.05, 4.69) is 0 Å². The topological polar surface area (TPSA) is 55.5 Å². The van der Waals surface area contributed by atoms with E-state index in [1.54, 1.807) is 24.3 Å². The number of rotatable bonds is 4. The monoisotopic (exact) mass is 185 g/mol. The van der Waals surface area contributed by atoms with E-state index in [1.807, 2.05) is 0 Å². The molecular formula is C9H12FNO2. The number of ether oxygens (including phenoxy) is 1. The Morgan fingerprint density at radius 1 is 1.54 bits per heavy atom. The summed E-state index contributed by atoms with van der Waals surface area (Å²) >= 11 is 0. The van der Waals surface area contributed by atoms with Crippen molar-refractivity contribution in [1.29, 1.82) is 0 Å². The number of nitrogens with two attached hydrogens (primary N) is 1. The third-order valence-electron chi connectivity index (χ3n) is 1.48. The van der Waals surface area contributed by atoms with Gasteiger partial charge in [0.15, 0.2) is 0 Å². The van der Waals surface area contributed by atoms with Gasteiger partial charge in [-0.2, -0.15) is 0 Å². The van der Waals surface area contributed by atoms with Gasteiger partial charge in [0.05, 0.1) is 0 Å². The molecule has 0 saturated carbocycles. The second kappa shape index (κ2) is 4.67. The largest absolute Gasteiger partial charge is 0.491 e. The summed E-state index contributed by atoms with van der Waals surface area (Å²) in [4.78, 5) is 0. The number of halogens is 1. The summed E-state index contributed by atoms with van der Waals surface area (Å²) in [5.74, 6) is 0.535. The van der Waals surface area contributed by atoms with E-state index >= 15 is 0 Å². The first-order chi connectivity index (χ1) is 6.22. The number of alkyl halides is 1. The van der Waals surface area contributed by atoms with E-state index in [-0.39, 0.29) is 6.61 Å². The van der Waals surface area contributed by atoms with E-state index in [9.17, 15) is 4.39 Å². The molecule has 0 radical (unpaired) electrons. The van der Waals surface area contributed by atoms with Crippen LogP contribution in [0, 0.1) is 0 Å². The first-order valence-electron chi connectivity index (χ1n) is 3.94. The van der Waals surface area contributed by atoms with Gasteiger partial charge in [0, 0.05) is 11.8 Å². The quantitative estimate of drug-likeness (QED) is 0.687. The van der Waals surface area contributed by atoms with E-state index in [0.717, 1.165) is 0 Å². The predicted octanol–water partition coefficient (Wildman–Crippen LogP) is 0.978. The Morgan fingerprint density at radius 2 is 2.31 bits per heavy atom. The molecule has 1 atom stereocenters. The second-order valence-electron chi connectivity index (χ2n) is 2.69. The van der Waals surface area contributed by atoms with Crippen molar-refractivity contribution in [2.24, 2.45) is 0 Å². The molecule has 3 nitrogen and oxygen atoms in total. The van der Waals surface area contributed by atoms with Crippen LogP contribution in [-0.2, 0) is 0 Å². The molecular weight excluding hydrogens is 173 g/mol. The molecule has 1 unspecified atom stereocenters. The van der Waals surface area contributed by atoms with Crippen LogP contribution >= 0.6 is 0 Å². The molecule has 0 aromatic heterocycles. The van der Waals surface area contributed by atoms with E-state index in [4.69, 9.17) is 15.6 Å². The lowest BCUT2D eigenvalue weighted by atomic mass is 10.3. The number of hydrogen-bond acceptors (Lipinski definition) is 3. The molecule has 72 valence electrons. The molecule has 13 heavy (non-hydrogen) atoms. The van der Waals surface area contributed by atoms with Gasteiger partial charge < -0.3 is 15.6 Å². The number of benzene rings is 1. The first kappa shape index (κ1) is 9.80. The van der Waals surface area contributed by atoms with Crippen LogP contribution in [0.3, 0.4) is 0 Å². The van der Waals surface area contributed by atoms with Crippen molar-refractivity contribution in [3.63, 3.8) is 0 Å². The minimum Gasteiger partial charge on any atom is -0.491 e. The lowest BCUT2D eigenvalue weighted by molar-refractivity contribution is 0.0842. The fraction of sp³-hybridized carbons (Fsp3) is 0.333. The van der Waals surface area contributed by atoms with Gasteiger partial charge in [0.25, 0.3) is 0 Å². The molecule has 0 spiro atoms. The summed E-state index contributed by atoms with van der Waals surface area (Å²) in [6.45, 7) is -0.859. The maximum atomic E-state index is 11.8. The van der Waals surface area contributed by atoms with Crippen LogP contribution in [0.25, 0.3) is 0 Å². The van der Waals surface area contributed by atoms with Gasteiger partial charge in [-0.25, -0.2) is 4.39 Å². The van der Waals surface area contributed by atoms with Gasteiger partial charge in [0.1, 0.15) is 25.1 Å². The Morgan fingerprint density at radius 3 is 2.92 bits per heavy atom. The standard InChI is InChI=1S/C9H12FNO2/c10-5-8(12)6-13-9-3-1-2-7(11)4-9/h1-4,8,12H,5-6,11H2. The highest BCUT2D eigenvalue weighted by Gasteiger charge is 2.03. The number of nitrogen functional groups attached to an aromatic ring is 1. The van der Waals surface area contributed by atoms with Crippen LogP contribution in [0.15, 0.2) is 24.3 Å². The Hall–Kier alpha value is -1.29. The van der Waals surface area contributed by atoms with Crippen molar-refractivity contribution in [3.05, 3.63) is 24.3 Å². The maximum absolute atomic E-state index is 11.8. The molecule has 0 heterocycles. The zero-order valence-corrected chi connectivity index (χ0v) is 7.11. The van der Waals surface area contributed by atoms with Crippen LogP contribution < -0.4 is 10.5 Å². The molecule has 0 aliphatic rings. The van der Waals surface area contributed by atoms with Crippen molar-refractivity contribution < 1.29 is 14.2 Å². The normalized spacial score (nSPS) is 12.5. The highest BCUT2D eigenvalue weighted by Crippen LogP contribution is 2.14. The Kier molecular flexibility index (Phi) is 3.52. The van der Waals surface area contributed by atoms with Gasteiger partial charge in [-0.3, -0.25) is 0 Å². The molecule has 3 N–H and O–H groups in total. The lowest BCUT2D eigenvalue weighted by Crippen LogP contribution is -2.19. The average Bonchev–Trinajstić information content (AvgIpc) is 2.14. The molecule has 0 fully saturated rings. The molecule has 0 aliphatic heterocycles. The van der Waals surface area contributed by atoms with E-state index in [1.165, 1.54) is 0 Å². The van der Waals surface area contributed by atoms with Gasteiger partial charge in [-0.05, 0) is 12.1 Å². The van der Waals surface area contributed by atoms with Crippen molar-refractivity contribution in [3.8, 4) is 5.75 Å². The number of hydrogen-bond donors (Lipinski definition) is 2. The molecule has 1 rings (SSSR count). The third-order valence-corrected chi connectivity index (χ3v) is 1.48. The van der Waals surface area contributed by atoms with Crippen molar-refractivity contribution >= 4 is 5.69 Å². The molecule has 0 amide bonds. The van der Waals surface area contributed by atoms with Gasteiger partial charge in [-0.15, -0.1) is 0 Å². The van der Waals surface area contributed by atoms with Crippen LogP contribution in [0.1, 0.15) is 0 Å². The summed E-state index contributed by atoms with van der Waals surface area (Å²) in [5, 5.41) is 8.86. The minimum atomic E-state index is -1.07. The zero-order chi connectivity index (χ0) is 9.68. The summed E-state index contributed by atoms with van der Waals surface area (Å²) in [6.07, 6.45) is -1.07. The lowest BCUT2D eigenvalue weighted by Gasteiger charge is -2.08. The number of anilines is 1. The fourth-order valence-corrected chi connectivity index (χ4v) is 0.841. The summed E-state index contributed by atoms with van der Waals surface area (Å²) in [6, 6.07) is 6.76. The van der Waals surface area contributed by atoms with Crippen LogP contribution in [0.2, 0.25) is 0 Å². The minimum absolute atomic E-state index is 0.0556.